The fourth-order valence-corrected chi connectivity index (χ4v) is 6.49. The van der Waals surface area contributed by atoms with E-state index in [-0.39, 0.29) is 22.9 Å². The van der Waals surface area contributed by atoms with Crippen LogP contribution in [0.2, 0.25) is 0 Å². The third-order valence-electron chi connectivity index (χ3n) is 6.74. The van der Waals surface area contributed by atoms with E-state index in [9.17, 15) is 18.0 Å². The van der Waals surface area contributed by atoms with Crippen LogP contribution >= 0.6 is 0 Å². The Morgan fingerprint density at radius 2 is 1.63 bits per heavy atom. The van der Waals surface area contributed by atoms with Gasteiger partial charge in [-0.1, -0.05) is 32.9 Å². The molecule has 0 radical (unpaired) electrons. The molecule has 0 spiro atoms. The molecule has 1 aliphatic rings. The van der Waals surface area contributed by atoms with Crippen molar-refractivity contribution in [1.29, 1.82) is 0 Å². The maximum Gasteiger partial charge on any atom is 0.329 e. The lowest BCUT2D eigenvalue weighted by atomic mass is 10.0. The first-order chi connectivity index (χ1) is 16.8. The van der Waals surface area contributed by atoms with Crippen LogP contribution in [0.3, 0.4) is 0 Å². The van der Waals surface area contributed by atoms with Gasteiger partial charge in [-0.3, -0.25) is 13.9 Å². The lowest BCUT2D eigenvalue weighted by Crippen LogP contribution is -2.37. The number of sulfonamides is 1. The summed E-state index contributed by atoms with van der Waals surface area (Å²) in [6.45, 7) is 8.03. The van der Waals surface area contributed by atoms with Crippen LogP contribution in [0.15, 0.2) is 52.2 Å². The molecule has 4 rings (SSSR count). The van der Waals surface area contributed by atoms with Crippen molar-refractivity contribution >= 4 is 32.7 Å². The van der Waals surface area contributed by atoms with Crippen LogP contribution in [0.25, 0.3) is 11.0 Å². The molecule has 9 heteroatoms. The smallest absolute Gasteiger partial charge is 0.312 e. The fraction of sp³-hybridized carbons (Fsp3) is 0.462. The summed E-state index contributed by atoms with van der Waals surface area (Å²) in [6.07, 6.45) is 2.54. The standard InChI is InChI=1S/C26H34N4O4S/c1-4-16-29-23-11-7-8-12-24(23)30(26(29)32)18-15-25(31)28-17-9-10-20-19-21(13-14-22(20)28)35(33,34)27(5-2)6-3/h7-8,11-14,19H,4-6,9-10,15-18H2,1-3H3. The molecular formula is C26H34N4O4S. The van der Waals surface area contributed by atoms with Gasteiger partial charge in [0.05, 0.1) is 15.9 Å². The van der Waals surface area contributed by atoms with Crippen molar-refractivity contribution in [3.8, 4) is 0 Å². The SMILES string of the molecule is CCCn1c(=O)n(CCC(=O)N2CCCc3cc(S(=O)(=O)N(CC)CC)ccc32)c2ccccc21. The van der Waals surface area contributed by atoms with Gasteiger partial charge < -0.3 is 4.90 Å². The van der Waals surface area contributed by atoms with Crippen molar-refractivity contribution in [2.45, 2.75) is 64.4 Å². The van der Waals surface area contributed by atoms with E-state index in [2.05, 4.69) is 0 Å². The molecule has 0 fully saturated rings. The molecule has 188 valence electrons. The van der Waals surface area contributed by atoms with Gasteiger partial charge in [0.2, 0.25) is 15.9 Å². The van der Waals surface area contributed by atoms with E-state index in [1.807, 2.05) is 45.0 Å². The molecule has 3 aromatic rings. The minimum absolute atomic E-state index is 0.0653. The molecular weight excluding hydrogens is 464 g/mol. The van der Waals surface area contributed by atoms with Crippen LogP contribution in [0.4, 0.5) is 5.69 Å². The van der Waals surface area contributed by atoms with Crippen molar-refractivity contribution in [3.63, 3.8) is 0 Å². The van der Waals surface area contributed by atoms with E-state index >= 15 is 0 Å². The maximum absolute atomic E-state index is 13.3. The first-order valence-corrected chi connectivity index (χ1v) is 13.9. The number of aryl methyl sites for hydroxylation is 3. The zero-order chi connectivity index (χ0) is 25.2. The second kappa shape index (κ2) is 10.4. The van der Waals surface area contributed by atoms with Crippen molar-refractivity contribution in [2.24, 2.45) is 0 Å². The van der Waals surface area contributed by atoms with Gasteiger partial charge in [0.25, 0.3) is 0 Å². The minimum Gasteiger partial charge on any atom is -0.312 e. The monoisotopic (exact) mass is 498 g/mol. The number of rotatable bonds is 9. The highest BCUT2D eigenvalue weighted by Gasteiger charge is 2.27. The molecule has 2 aromatic carbocycles. The van der Waals surface area contributed by atoms with Crippen LogP contribution in [0.5, 0.6) is 0 Å². The van der Waals surface area contributed by atoms with Crippen molar-refractivity contribution in [2.75, 3.05) is 24.5 Å². The second-order valence-electron chi connectivity index (χ2n) is 8.85. The first-order valence-electron chi connectivity index (χ1n) is 12.4. The summed E-state index contributed by atoms with van der Waals surface area (Å²) in [5.74, 6) is -0.0653. The predicted molar refractivity (Wildman–Crippen MR) is 138 cm³/mol. The van der Waals surface area contributed by atoms with Gasteiger partial charge in [-0.05, 0) is 55.2 Å². The summed E-state index contributed by atoms with van der Waals surface area (Å²) in [7, 11) is -3.56. The lowest BCUT2D eigenvalue weighted by molar-refractivity contribution is -0.118. The number of hydrogen-bond donors (Lipinski definition) is 0. The molecule has 0 atom stereocenters. The van der Waals surface area contributed by atoms with Crippen molar-refractivity contribution in [3.05, 3.63) is 58.5 Å². The van der Waals surface area contributed by atoms with Crippen LogP contribution in [-0.2, 0) is 34.3 Å². The molecule has 0 bridgehead atoms. The van der Waals surface area contributed by atoms with Crippen LogP contribution in [-0.4, -0.2) is 47.4 Å². The molecule has 0 N–H and O–H groups in total. The average molecular weight is 499 g/mol. The third kappa shape index (κ3) is 4.67. The topological polar surface area (TPSA) is 84.6 Å². The Balaban J connectivity index is 1.57. The molecule has 1 aliphatic heterocycles. The maximum atomic E-state index is 13.3. The average Bonchev–Trinajstić information content (AvgIpc) is 3.13. The van der Waals surface area contributed by atoms with Crippen molar-refractivity contribution < 1.29 is 13.2 Å². The van der Waals surface area contributed by atoms with Gasteiger partial charge in [-0.2, -0.15) is 4.31 Å². The zero-order valence-corrected chi connectivity index (χ0v) is 21.6. The normalized spacial score (nSPS) is 14.0. The number of fused-ring (bicyclic) bond motifs is 2. The summed E-state index contributed by atoms with van der Waals surface area (Å²) in [4.78, 5) is 28.3. The number of carbonyl (C=O) groups excluding carboxylic acids is 1. The summed E-state index contributed by atoms with van der Waals surface area (Å²) in [5.41, 5.74) is 3.27. The van der Waals surface area contributed by atoms with Crippen LogP contribution < -0.4 is 10.6 Å². The summed E-state index contributed by atoms with van der Waals surface area (Å²) < 4.78 is 30.8. The summed E-state index contributed by atoms with van der Waals surface area (Å²) in [5, 5.41) is 0. The fourth-order valence-electron chi connectivity index (χ4n) is 4.98. The molecule has 35 heavy (non-hydrogen) atoms. The van der Waals surface area contributed by atoms with E-state index in [4.69, 9.17) is 0 Å². The Bertz CT molecular complexity index is 1390. The van der Waals surface area contributed by atoms with Crippen LogP contribution in [0.1, 0.15) is 45.6 Å². The predicted octanol–water partition coefficient (Wildman–Crippen LogP) is 3.61. The Hall–Kier alpha value is -2.91. The first kappa shape index (κ1) is 25.2. The number of imidazole rings is 1. The van der Waals surface area contributed by atoms with Crippen LogP contribution in [0, 0.1) is 0 Å². The third-order valence-corrected chi connectivity index (χ3v) is 8.78. The van der Waals surface area contributed by atoms with E-state index in [1.54, 1.807) is 32.2 Å². The van der Waals surface area contributed by atoms with E-state index in [1.165, 1.54) is 4.31 Å². The number of aromatic nitrogens is 2. The van der Waals surface area contributed by atoms with E-state index in [0.717, 1.165) is 41.5 Å². The van der Waals surface area contributed by atoms with E-state index < -0.39 is 10.0 Å². The van der Waals surface area contributed by atoms with Crippen molar-refractivity contribution in [1.82, 2.24) is 13.4 Å². The molecule has 1 aromatic heterocycles. The Morgan fingerprint density at radius 3 is 2.26 bits per heavy atom. The number of carbonyl (C=O) groups is 1. The number of anilines is 1. The number of amides is 1. The highest BCUT2D eigenvalue weighted by molar-refractivity contribution is 7.89. The van der Waals surface area contributed by atoms with Gasteiger partial charge in [-0.15, -0.1) is 0 Å². The van der Waals surface area contributed by atoms with Gasteiger partial charge >= 0.3 is 5.69 Å². The molecule has 0 saturated heterocycles. The zero-order valence-electron chi connectivity index (χ0n) is 20.7. The molecule has 2 heterocycles. The molecule has 8 nitrogen and oxygen atoms in total. The number of benzene rings is 2. The minimum atomic E-state index is -3.56. The summed E-state index contributed by atoms with van der Waals surface area (Å²) >= 11 is 0. The molecule has 0 unspecified atom stereocenters. The Kier molecular flexibility index (Phi) is 7.47. The lowest BCUT2D eigenvalue weighted by Gasteiger charge is -2.30. The highest BCUT2D eigenvalue weighted by atomic mass is 32.2. The largest absolute Gasteiger partial charge is 0.329 e. The van der Waals surface area contributed by atoms with E-state index in [0.29, 0.717) is 32.7 Å². The number of nitrogens with zero attached hydrogens (tertiary/aromatic N) is 4. The van der Waals surface area contributed by atoms with Gasteiger partial charge in [0, 0.05) is 44.8 Å². The number of para-hydroxylation sites is 2. The molecule has 1 amide bonds. The Morgan fingerprint density at radius 1 is 0.971 bits per heavy atom. The second-order valence-corrected chi connectivity index (χ2v) is 10.8. The van der Waals surface area contributed by atoms with Gasteiger partial charge in [-0.25, -0.2) is 13.2 Å². The van der Waals surface area contributed by atoms with Gasteiger partial charge in [0.1, 0.15) is 0 Å². The highest BCUT2D eigenvalue weighted by Crippen LogP contribution is 2.31. The molecule has 0 saturated carbocycles. The quantitative estimate of drug-likeness (QED) is 0.451. The van der Waals surface area contributed by atoms with Gasteiger partial charge in [0.15, 0.2) is 0 Å². The molecule has 0 aliphatic carbocycles. The number of hydrogen-bond acceptors (Lipinski definition) is 4. The Labute approximate surface area is 206 Å². The summed E-state index contributed by atoms with van der Waals surface area (Å²) in [6, 6.07) is 12.7.